The van der Waals surface area contributed by atoms with E-state index in [1.807, 2.05) is 72.8 Å². The predicted octanol–water partition coefficient (Wildman–Crippen LogP) is 5.68. The van der Waals surface area contributed by atoms with Gasteiger partial charge in [-0.3, -0.25) is 4.79 Å². The first-order valence-electron chi connectivity index (χ1n) is 8.68. The number of thioether (sulfide) groups is 1. The molecule has 0 aliphatic carbocycles. The molecule has 3 aromatic carbocycles. The van der Waals surface area contributed by atoms with E-state index in [9.17, 15) is 4.79 Å². The SMILES string of the molecule is O=C(CSc1nccc(-c2ccc(Cl)cc2)n1)Nc1cccc2ccccc12. The van der Waals surface area contributed by atoms with Gasteiger partial charge in [0.15, 0.2) is 5.16 Å². The van der Waals surface area contributed by atoms with E-state index >= 15 is 0 Å². The lowest BCUT2D eigenvalue weighted by molar-refractivity contribution is -0.113. The molecule has 6 heteroatoms. The number of rotatable bonds is 5. The average Bonchev–Trinajstić information content (AvgIpc) is 2.73. The van der Waals surface area contributed by atoms with Gasteiger partial charge in [0.25, 0.3) is 0 Å². The van der Waals surface area contributed by atoms with Crippen LogP contribution in [-0.2, 0) is 4.79 Å². The van der Waals surface area contributed by atoms with Gasteiger partial charge in [0.2, 0.25) is 5.91 Å². The molecule has 0 saturated carbocycles. The molecule has 138 valence electrons. The zero-order valence-electron chi connectivity index (χ0n) is 14.8. The van der Waals surface area contributed by atoms with Crippen LogP contribution < -0.4 is 5.32 Å². The number of benzene rings is 3. The summed E-state index contributed by atoms with van der Waals surface area (Å²) in [5, 5.41) is 6.32. The van der Waals surface area contributed by atoms with Crippen molar-refractivity contribution in [1.29, 1.82) is 0 Å². The van der Waals surface area contributed by atoms with Gasteiger partial charge in [-0.25, -0.2) is 9.97 Å². The zero-order chi connectivity index (χ0) is 19.3. The quantitative estimate of drug-likeness (QED) is 0.342. The molecule has 0 atom stereocenters. The Labute approximate surface area is 172 Å². The third kappa shape index (κ3) is 4.32. The Bertz CT molecular complexity index is 1130. The Hall–Kier alpha value is -2.89. The third-order valence-electron chi connectivity index (χ3n) is 4.17. The number of halogens is 1. The highest BCUT2D eigenvalue weighted by Crippen LogP contribution is 2.24. The van der Waals surface area contributed by atoms with Crippen molar-refractivity contribution in [3.63, 3.8) is 0 Å². The number of hydrogen-bond acceptors (Lipinski definition) is 4. The van der Waals surface area contributed by atoms with Crippen LogP contribution >= 0.6 is 23.4 Å². The van der Waals surface area contributed by atoms with E-state index in [1.54, 1.807) is 6.20 Å². The van der Waals surface area contributed by atoms with Crippen molar-refractivity contribution < 1.29 is 4.79 Å². The van der Waals surface area contributed by atoms with Gasteiger partial charge in [0.1, 0.15) is 0 Å². The van der Waals surface area contributed by atoms with Crippen LogP contribution in [-0.4, -0.2) is 21.6 Å². The smallest absolute Gasteiger partial charge is 0.234 e. The zero-order valence-corrected chi connectivity index (χ0v) is 16.4. The van der Waals surface area contributed by atoms with E-state index in [-0.39, 0.29) is 11.7 Å². The first kappa shape index (κ1) is 18.5. The lowest BCUT2D eigenvalue weighted by Gasteiger charge is -2.08. The minimum absolute atomic E-state index is 0.0955. The van der Waals surface area contributed by atoms with E-state index < -0.39 is 0 Å². The molecule has 1 aromatic heterocycles. The van der Waals surface area contributed by atoms with Crippen molar-refractivity contribution >= 4 is 45.7 Å². The molecule has 0 radical (unpaired) electrons. The molecule has 4 nitrogen and oxygen atoms in total. The van der Waals surface area contributed by atoms with E-state index in [0.29, 0.717) is 10.2 Å². The monoisotopic (exact) mass is 405 g/mol. The van der Waals surface area contributed by atoms with Crippen LogP contribution in [0.1, 0.15) is 0 Å². The molecule has 0 unspecified atom stereocenters. The molecular formula is C22H16ClN3OS. The van der Waals surface area contributed by atoms with Crippen molar-refractivity contribution in [2.75, 3.05) is 11.1 Å². The number of carbonyl (C=O) groups is 1. The number of carbonyl (C=O) groups excluding carboxylic acids is 1. The molecule has 0 aliphatic rings. The summed E-state index contributed by atoms with van der Waals surface area (Å²) in [5.41, 5.74) is 2.55. The molecule has 0 bridgehead atoms. The summed E-state index contributed by atoms with van der Waals surface area (Å²) in [7, 11) is 0. The first-order valence-corrected chi connectivity index (χ1v) is 10.0. The highest BCUT2D eigenvalue weighted by molar-refractivity contribution is 7.99. The number of amides is 1. The van der Waals surface area contributed by atoms with Gasteiger partial charge in [-0.05, 0) is 29.7 Å². The summed E-state index contributed by atoms with van der Waals surface area (Å²) in [4.78, 5) is 21.2. The van der Waals surface area contributed by atoms with Crippen molar-refractivity contribution in [3.05, 3.63) is 84.0 Å². The van der Waals surface area contributed by atoms with Crippen LogP contribution in [0.3, 0.4) is 0 Å². The van der Waals surface area contributed by atoms with Crippen molar-refractivity contribution in [3.8, 4) is 11.3 Å². The summed E-state index contributed by atoms with van der Waals surface area (Å²) in [6.07, 6.45) is 1.70. The second-order valence-corrected chi connectivity index (χ2v) is 7.47. The molecule has 0 fully saturated rings. The predicted molar refractivity (Wildman–Crippen MR) is 116 cm³/mol. The number of aromatic nitrogens is 2. The minimum atomic E-state index is -0.0955. The van der Waals surface area contributed by atoms with Gasteiger partial charge in [-0.1, -0.05) is 71.9 Å². The number of anilines is 1. The normalized spacial score (nSPS) is 10.8. The fourth-order valence-electron chi connectivity index (χ4n) is 2.84. The molecule has 1 heterocycles. The summed E-state index contributed by atoms with van der Waals surface area (Å²) < 4.78 is 0. The number of nitrogens with zero attached hydrogens (tertiary/aromatic N) is 2. The van der Waals surface area contributed by atoms with Gasteiger partial charge < -0.3 is 5.32 Å². The van der Waals surface area contributed by atoms with Crippen LogP contribution in [0.2, 0.25) is 5.02 Å². The standard InChI is InChI=1S/C22H16ClN3OS/c23-17-10-8-16(9-11-17)19-12-13-24-22(26-19)28-14-21(27)25-20-7-3-5-15-4-1-2-6-18(15)20/h1-13H,14H2,(H,25,27). The summed E-state index contributed by atoms with van der Waals surface area (Å²) in [6, 6.07) is 23.1. The minimum Gasteiger partial charge on any atom is -0.325 e. The Morgan fingerprint density at radius 1 is 0.964 bits per heavy atom. The number of fused-ring (bicyclic) bond motifs is 1. The van der Waals surface area contributed by atoms with Gasteiger partial charge >= 0.3 is 0 Å². The lowest BCUT2D eigenvalue weighted by atomic mass is 10.1. The summed E-state index contributed by atoms with van der Waals surface area (Å²) >= 11 is 7.24. The third-order valence-corrected chi connectivity index (χ3v) is 5.28. The Kier molecular flexibility index (Phi) is 5.55. The van der Waals surface area contributed by atoms with Gasteiger partial charge in [0, 0.05) is 27.9 Å². The maximum atomic E-state index is 12.4. The van der Waals surface area contributed by atoms with E-state index in [0.717, 1.165) is 27.7 Å². The fourth-order valence-corrected chi connectivity index (χ4v) is 3.60. The highest BCUT2D eigenvalue weighted by atomic mass is 35.5. The molecular weight excluding hydrogens is 390 g/mol. The van der Waals surface area contributed by atoms with E-state index in [2.05, 4.69) is 15.3 Å². The summed E-state index contributed by atoms with van der Waals surface area (Å²) in [6.45, 7) is 0. The Morgan fingerprint density at radius 2 is 1.75 bits per heavy atom. The average molecular weight is 406 g/mol. The van der Waals surface area contributed by atoms with Crippen LogP contribution in [0.15, 0.2) is 84.1 Å². The number of hydrogen-bond donors (Lipinski definition) is 1. The molecule has 0 saturated heterocycles. The molecule has 28 heavy (non-hydrogen) atoms. The van der Waals surface area contributed by atoms with Crippen LogP contribution in [0.25, 0.3) is 22.0 Å². The fraction of sp³-hybridized carbons (Fsp3) is 0.0455. The Balaban J connectivity index is 1.43. The van der Waals surface area contributed by atoms with E-state index in [4.69, 9.17) is 11.6 Å². The highest BCUT2D eigenvalue weighted by Gasteiger charge is 2.09. The lowest BCUT2D eigenvalue weighted by Crippen LogP contribution is -2.14. The van der Waals surface area contributed by atoms with Gasteiger partial charge in [-0.2, -0.15) is 0 Å². The summed E-state index contributed by atoms with van der Waals surface area (Å²) in [5.74, 6) is 0.134. The van der Waals surface area contributed by atoms with Crippen molar-refractivity contribution in [1.82, 2.24) is 9.97 Å². The second-order valence-electron chi connectivity index (χ2n) is 6.09. The van der Waals surface area contributed by atoms with Crippen LogP contribution in [0.4, 0.5) is 5.69 Å². The van der Waals surface area contributed by atoms with Crippen LogP contribution in [0, 0.1) is 0 Å². The van der Waals surface area contributed by atoms with E-state index in [1.165, 1.54) is 11.8 Å². The van der Waals surface area contributed by atoms with Crippen molar-refractivity contribution in [2.45, 2.75) is 5.16 Å². The maximum absolute atomic E-state index is 12.4. The molecule has 1 amide bonds. The second kappa shape index (κ2) is 8.42. The molecule has 4 aromatic rings. The van der Waals surface area contributed by atoms with Gasteiger partial charge in [-0.15, -0.1) is 0 Å². The van der Waals surface area contributed by atoms with Gasteiger partial charge in [0.05, 0.1) is 11.4 Å². The molecule has 0 aliphatic heterocycles. The molecule has 0 spiro atoms. The topological polar surface area (TPSA) is 54.9 Å². The number of nitrogens with one attached hydrogen (secondary N) is 1. The molecule has 4 rings (SSSR count). The largest absolute Gasteiger partial charge is 0.325 e. The maximum Gasteiger partial charge on any atom is 0.234 e. The molecule has 1 N–H and O–H groups in total. The Morgan fingerprint density at radius 3 is 2.61 bits per heavy atom. The van der Waals surface area contributed by atoms with Crippen molar-refractivity contribution in [2.24, 2.45) is 0 Å². The first-order chi connectivity index (χ1) is 13.7. The van der Waals surface area contributed by atoms with Crippen LogP contribution in [0.5, 0.6) is 0 Å².